The number of aliphatic carboxylic acids is 1. The zero-order valence-electron chi connectivity index (χ0n) is 11.9. The number of fused-ring (bicyclic) bond motifs is 1. The van der Waals surface area contributed by atoms with Crippen molar-refractivity contribution < 1.29 is 19.4 Å². The van der Waals surface area contributed by atoms with E-state index < -0.39 is 17.7 Å². The lowest BCUT2D eigenvalue weighted by molar-refractivity contribution is -0.139. The molecule has 0 unspecified atom stereocenters. The lowest BCUT2D eigenvalue weighted by Crippen LogP contribution is -2.37. The van der Waals surface area contributed by atoms with Crippen LogP contribution in [-0.4, -0.2) is 29.3 Å². The summed E-state index contributed by atoms with van der Waals surface area (Å²) in [5.41, 5.74) is -0.746. The molecular weight excluding hydrogens is 246 g/mol. The van der Waals surface area contributed by atoms with E-state index in [1.807, 2.05) is 20.8 Å². The van der Waals surface area contributed by atoms with Gasteiger partial charge in [0.2, 0.25) is 0 Å². The first-order chi connectivity index (χ1) is 8.76. The Morgan fingerprint density at radius 3 is 2.63 bits per heavy atom. The van der Waals surface area contributed by atoms with Gasteiger partial charge in [-0.15, -0.1) is 0 Å². The van der Waals surface area contributed by atoms with Crippen molar-refractivity contribution in [2.24, 2.45) is 17.3 Å². The first kappa shape index (κ1) is 14.2. The molecule has 2 fully saturated rings. The van der Waals surface area contributed by atoms with Crippen LogP contribution in [0.15, 0.2) is 0 Å². The second kappa shape index (κ2) is 4.69. The second-order valence-electron chi connectivity index (χ2n) is 6.76. The summed E-state index contributed by atoms with van der Waals surface area (Å²) in [6, 6.07) is 0. The largest absolute Gasteiger partial charge is 0.481 e. The van der Waals surface area contributed by atoms with Gasteiger partial charge in [-0.25, -0.2) is 4.79 Å². The van der Waals surface area contributed by atoms with E-state index in [1.54, 1.807) is 0 Å². The van der Waals surface area contributed by atoms with Gasteiger partial charge in [-0.05, 0) is 39.5 Å². The topological polar surface area (TPSA) is 75.6 Å². The molecule has 108 valence electrons. The van der Waals surface area contributed by atoms with Crippen molar-refractivity contribution in [3.8, 4) is 0 Å². The highest BCUT2D eigenvalue weighted by Crippen LogP contribution is 2.66. The number of carbonyl (C=O) groups is 2. The standard InChI is InChI=1S/C14H23NO4/c1-13(2,3)19-12(18)15-8-14-7-5-4-6-9(14)10(14)11(16)17/h9-10H,4-8H2,1-3H3,(H,15,18)(H,16,17)/t9-,10-,14+/m0/s1. The molecule has 1 amide bonds. The minimum absolute atomic E-state index is 0.221. The number of carboxylic acid groups (broad SMARTS) is 1. The number of ether oxygens (including phenoxy) is 1. The van der Waals surface area contributed by atoms with Crippen LogP contribution in [0.3, 0.4) is 0 Å². The van der Waals surface area contributed by atoms with Gasteiger partial charge < -0.3 is 15.2 Å². The third-order valence-electron chi connectivity index (χ3n) is 4.29. The van der Waals surface area contributed by atoms with E-state index in [-0.39, 0.29) is 17.3 Å². The van der Waals surface area contributed by atoms with Gasteiger partial charge in [0.15, 0.2) is 0 Å². The highest BCUT2D eigenvalue weighted by atomic mass is 16.6. The normalized spacial score (nSPS) is 33.2. The second-order valence-corrected chi connectivity index (χ2v) is 6.76. The summed E-state index contributed by atoms with van der Waals surface area (Å²) in [6.07, 6.45) is 3.55. The number of hydrogen-bond acceptors (Lipinski definition) is 3. The number of carboxylic acids is 1. The molecule has 0 aromatic carbocycles. The van der Waals surface area contributed by atoms with Crippen LogP contribution < -0.4 is 5.32 Å². The van der Waals surface area contributed by atoms with Crippen molar-refractivity contribution in [2.45, 2.75) is 52.1 Å². The monoisotopic (exact) mass is 269 g/mol. The summed E-state index contributed by atoms with van der Waals surface area (Å²) < 4.78 is 5.19. The Hall–Kier alpha value is -1.26. The number of hydrogen-bond donors (Lipinski definition) is 2. The molecule has 0 aromatic rings. The lowest BCUT2D eigenvalue weighted by Gasteiger charge is -2.24. The summed E-state index contributed by atoms with van der Waals surface area (Å²) in [7, 11) is 0. The average molecular weight is 269 g/mol. The van der Waals surface area contributed by atoms with Crippen LogP contribution in [0.5, 0.6) is 0 Å². The van der Waals surface area contributed by atoms with Gasteiger partial charge in [0.1, 0.15) is 5.60 Å². The maximum atomic E-state index is 11.7. The number of carbonyl (C=O) groups excluding carboxylic acids is 1. The minimum Gasteiger partial charge on any atom is -0.481 e. The smallest absolute Gasteiger partial charge is 0.407 e. The number of rotatable bonds is 3. The van der Waals surface area contributed by atoms with E-state index in [4.69, 9.17) is 4.74 Å². The zero-order chi connectivity index (χ0) is 14.3. The predicted molar refractivity (Wildman–Crippen MR) is 69.8 cm³/mol. The molecule has 0 heterocycles. The summed E-state index contributed by atoms with van der Waals surface area (Å²) in [5.74, 6) is -0.781. The van der Waals surface area contributed by atoms with E-state index in [2.05, 4.69) is 5.32 Å². The maximum Gasteiger partial charge on any atom is 0.407 e. The molecule has 2 rings (SSSR count). The van der Waals surface area contributed by atoms with Gasteiger partial charge in [-0.2, -0.15) is 0 Å². The molecule has 0 radical (unpaired) electrons. The van der Waals surface area contributed by atoms with Crippen LogP contribution in [-0.2, 0) is 9.53 Å². The maximum absolute atomic E-state index is 11.7. The van der Waals surface area contributed by atoms with Crippen molar-refractivity contribution in [1.29, 1.82) is 0 Å². The quantitative estimate of drug-likeness (QED) is 0.825. The van der Waals surface area contributed by atoms with E-state index in [0.29, 0.717) is 6.54 Å². The highest BCUT2D eigenvalue weighted by Gasteiger charge is 2.68. The van der Waals surface area contributed by atoms with E-state index in [0.717, 1.165) is 25.7 Å². The minimum atomic E-state index is -0.724. The fraction of sp³-hybridized carbons (Fsp3) is 0.857. The molecular formula is C14H23NO4. The third kappa shape index (κ3) is 2.85. The molecule has 0 spiro atoms. The Morgan fingerprint density at radius 2 is 2.05 bits per heavy atom. The zero-order valence-corrected chi connectivity index (χ0v) is 11.9. The summed E-state index contributed by atoms with van der Waals surface area (Å²) in [5, 5.41) is 12.0. The Kier molecular flexibility index (Phi) is 3.49. The van der Waals surface area contributed by atoms with Gasteiger partial charge in [0, 0.05) is 12.0 Å². The molecule has 0 bridgehead atoms. The van der Waals surface area contributed by atoms with Crippen LogP contribution in [0.2, 0.25) is 0 Å². The summed E-state index contributed by atoms with van der Waals surface area (Å²) >= 11 is 0. The molecule has 19 heavy (non-hydrogen) atoms. The van der Waals surface area contributed by atoms with Crippen LogP contribution >= 0.6 is 0 Å². The average Bonchev–Trinajstić information content (AvgIpc) is 2.93. The third-order valence-corrected chi connectivity index (χ3v) is 4.29. The van der Waals surface area contributed by atoms with Crippen LogP contribution in [0.25, 0.3) is 0 Å². The van der Waals surface area contributed by atoms with Crippen molar-refractivity contribution in [3.05, 3.63) is 0 Å². The molecule has 5 heteroatoms. The van der Waals surface area contributed by atoms with E-state index in [9.17, 15) is 14.7 Å². The van der Waals surface area contributed by atoms with Crippen LogP contribution in [0, 0.1) is 17.3 Å². The van der Waals surface area contributed by atoms with Crippen molar-refractivity contribution >= 4 is 12.1 Å². The van der Waals surface area contributed by atoms with Gasteiger partial charge in [0.05, 0.1) is 5.92 Å². The van der Waals surface area contributed by atoms with Gasteiger partial charge >= 0.3 is 12.1 Å². The number of nitrogens with one attached hydrogen (secondary N) is 1. The molecule has 2 aliphatic carbocycles. The van der Waals surface area contributed by atoms with Crippen molar-refractivity contribution in [3.63, 3.8) is 0 Å². The first-order valence-corrected chi connectivity index (χ1v) is 6.96. The fourth-order valence-electron chi connectivity index (χ4n) is 3.49. The highest BCUT2D eigenvalue weighted by molar-refractivity contribution is 5.76. The molecule has 3 atom stereocenters. The summed E-state index contributed by atoms with van der Waals surface area (Å²) in [4.78, 5) is 22.9. The fourth-order valence-corrected chi connectivity index (χ4v) is 3.49. The molecule has 5 nitrogen and oxygen atoms in total. The molecule has 0 saturated heterocycles. The van der Waals surface area contributed by atoms with Crippen molar-refractivity contribution in [1.82, 2.24) is 5.32 Å². The Morgan fingerprint density at radius 1 is 1.37 bits per heavy atom. The molecule has 2 N–H and O–H groups in total. The number of amides is 1. The number of alkyl carbamates (subject to hydrolysis) is 1. The van der Waals surface area contributed by atoms with Crippen molar-refractivity contribution in [2.75, 3.05) is 6.54 Å². The molecule has 2 saturated carbocycles. The SMILES string of the molecule is CC(C)(C)OC(=O)NC[C@]12CCCC[C@H]1[C@H]2C(=O)O. The van der Waals surface area contributed by atoms with Crippen LogP contribution in [0.4, 0.5) is 4.79 Å². The molecule has 0 aromatic heterocycles. The Balaban J connectivity index is 1.91. The van der Waals surface area contributed by atoms with E-state index >= 15 is 0 Å². The molecule has 0 aliphatic heterocycles. The van der Waals surface area contributed by atoms with Gasteiger partial charge in [0.25, 0.3) is 0 Å². The van der Waals surface area contributed by atoms with Gasteiger partial charge in [-0.3, -0.25) is 4.79 Å². The molecule has 2 aliphatic rings. The Labute approximate surface area is 113 Å². The lowest BCUT2D eigenvalue weighted by atomic mass is 9.88. The van der Waals surface area contributed by atoms with Gasteiger partial charge in [-0.1, -0.05) is 12.8 Å². The summed E-state index contributed by atoms with van der Waals surface area (Å²) in [6.45, 7) is 5.85. The Bertz CT molecular complexity index is 387. The first-order valence-electron chi connectivity index (χ1n) is 6.96. The van der Waals surface area contributed by atoms with Crippen LogP contribution in [0.1, 0.15) is 46.5 Å². The van der Waals surface area contributed by atoms with E-state index in [1.165, 1.54) is 0 Å². The predicted octanol–water partition coefficient (Wildman–Crippen LogP) is 2.40.